The maximum atomic E-state index is 11.3. The zero-order valence-corrected chi connectivity index (χ0v) is 11.1. The highest BCUT2D eigenvalue weighted by Gasteiger charge is 2.11. The highest BCUT2D eigenvalue weighted by molar-refractivity contribution is 7.14. The predicted molar refractivity (Wildman–Crippen MR) is 71.1 cm³/mol. The third kappa shape index (κ3) is 2.94. The molecule has 0 bridgehead atoms. The number of hydrogen-bond donors (Lipinski definition) is 0. The Labute approximate surface area is 112 Å². The van der Waals surface area contributed by atoms with Crippen LogP contribution in [0, 0.1) is 17.0 Å². The molecule has 0 atom stereocenters. The van der Waals surface area contributed by atoms with Crippen LogP contribution >= 0.6 is 11.3 Å². The molecule has 2 heterocycles. The van der Waals surface area contributed by atoms with Gasteiger partial charge in [-0.25, -0.2) is 4.98 Å². The molecule has 0 amide bonds. The molecular formula is C12H10N2O4S. The minimum Gasteiger partial charge on any atom is -0.401 e. The van der Waals surface area contributed by atoms with E-state index in [1.54, 1.807) is 19.1 Å². The first-order valence-corrected chi connectivity index (χ1v) is 6.19. The lowest BCUT2D eigenvalue weighted by Crippen LogP contribution is -1.89. The Morgan fingerprint density at radius 3 is 2.74 bits per heavy atom. The van der Waals surface area contributed by atoms with Gasteiger partial charge in [-0.1, -0.05) is 0 Å². The third-order valence-electron chi connectivity index (χ3n) is 2.32. The number of rotatable bonds is 4. The molecule has 0 saturated heterocycles. The number of carbonyl (C=O) groups is 1. The summed E-state index contributed by atoms with van der Waals surface area (Å²) in [6, 6.07) is 2.79. The Kier molecular flexibility index (Phi) is 3.57. The van der Waals surface area contributed by atoms with E-state index in [0.29, 0.717) is 21.3 Å². The number of Topliss-reactive ketones (excluding diaryl/α,β-unsaturated/α-hetero) is 1. The molecule has 0 unspecified atom stereocenters. The Bertz CT molecular complexity index is 669. The number of hydrogen-bond acceptors (Lipinski definition) is 6. The van der Waals surface area contributed by atoms with Crippen molar-refractivity contribution in [1.82, 2.24) is 4.98 Å². The molecule has 0 N–H and O–H groups in total. The second-order valence-electron chi connectivity index (χ2n) is 3.79. The molecular weight excluding hydrogens is 268 g/mol. The topological polar surface area (TPSA) is 86.2 Å². The van der Waals surface area contributed by atoms with Gasteiger partial charge in [0.15, 0.2) is 5.78 Å². The summed E-state index contributed by atoms with van der Waals surface area (Å²) in [5.41, 5.74) is 0.683. The first-order valence-electron chi connectivity index (χ1n) is 5.38. The molecule has 98 valence electrons. The number of aromatic nitrogens is 1. The van der Waals surface area contributed by atoms with Gasteiger partial charge in [0.05, 0.1) is 16.6 Å². The summed E-state index contributed by atoms with van der Waals surface area (Å²) in [7, 11) is 0. The van der Waals surface area contributed by atoms with Crippen LogP contribution in [0.5, 0.6) is 0 Å². The summed E-state index contributed by atoms with van der Waals surface area (Å²) in [6.07, 6.45) is 3.24. The van der Waals surface area contributed by atoms with Crippen molar-refractivity contribution in [1.29, 1.82) is 0 Å². The number of nitrogens with zero attached hydrogens (tertiary/aromatic N) is 2. The monoisotopic (exact) mass is 278 g/mol. The summed E-state index contributed by atoms with van der Waals surface area (Å²) in [5.74, 6) is 0.0339. The molecule has 0 radical (unpaired) electrons. The second-order valence-corrected chi connectivity index (χ2v) is 4.82. The van der Waals surface area contributed by atoms with Gasteiger partial charge in [0.1, 0.15) is 15.7 Å². The highest BCUT2D eigenvalue weighted by Crippen LogP contribution is 2.22. The molecule has 19 heavy (non-hydrogen) atoms. The van der Waals surface area contributed by atoms with Gasteiger partial charge in [-0.3, -0.25) is 14.9 Å². The fourth-order valence-corrected chi connectivity index (χ4v) is 2.36. The SMILES string of the molecule is CC(=O)c1sc(/C=C/c2ccc([N+](=O)[O-])o2)nc1C. The fraction of sp³-hybridized carbons (Fsp3) is 0.167. The van der Waals surface area contributed by atoms with Crippen molar-refractivity contribution in [3.05, 3.63) is 43.6 Å². The number of ketones is 1. The van der Waals surface area contributed by atoms with Crippen LogP contribution in [0.3, 0.4) is 0 Å². The van der Waals surface area contributed by atoms with Crippen molar-refractivity contribution in [2.24, 2.45) is 0 Å². The van der Waals surface area contributed by atoms with Crippen molar-refractivity contribution in [2.45, 2.75) is 13.8 Å². The van der Waals surface area contributed by atoms with Crippen molar-refractivity contribution in [3.8, 4) is 0 Å². The number of thiazole rings is 1. The minimum atomic E-state index is -0.598. The van der Waals surface area contributed by atoms with E-state index in [4.69, 9.17) is 4.42 Å². The maximum Gasteiger partial charge on any atom is 0.433 e. The van der Waals surface area contributed by atoms with E-state index in [-0.39, 0.29) is 11.7 Å². The molecule has 0 spiro atoms. The molecule has 0 aliphatic carbocycles. The van der Waals surface area contributed by atoms with Crippen molar-refractivity contribution >= 4 is 35.2 Å². The van der Waals surface area contributed by atoms with E-state index >= 15 is 0 Å². The summed E-state index contributed by atoms with van der Waals surface area (Å²) in [6.45, 7) is 3.26. The molecule has 0 saturated carbocycles. The lowest BCUT2D eigenvalue weighted by Gasteiger charge is -1.85. The summed E-state index contributed by atoms with van der Waals surface area (Å²) >= 11 is 1.28. The van der Waals surface area contributed by atoms with E-state index in [9.17, 15) is 14.9 Å². The van der Waals surface area contributed by atoms with Crippen molar-refractivity contribution in [3.63, 3.8) is 0 Å². The van der Waals surface area contributed by atoms with E-state index in [1.807, 2.05) is 0 Å². The predicted octanol–water partition coefficient (Wildman–Crippen LogP) is 3.33. The average molecular weight is 278 g/mol. The Morgan fingerprint density at radius 1 is 1.47 bits per heavy atom. The normalized spacial score (nSPS) is 11.1. The smallest absolute Gasteiger partial charge is 0.401 e. The van der Waals surface area contributed by atoms with Crippen LogP contribution in [-0.4, -0.2) is 15.7 Å². The summed E-state index contributed by atoms with van der Waals surface area (Å²) in [4.78, 5) is 26.0. The Hall–Kier alpha value is -2.28. The van der Waals surface area contributed by atoms with E-state index in [2.05, 4.69) is 4.98 Å². The Balaban J connectivity index is 2.20. The highest BCUT2D eigenvalue weighted by atomic mass is 32.1. The van der Waals surface area contributed by atoms with Crippen LogP contribution in [0.2, 0.25) is 0 Å². The first-order chi connectivity index (χ1) is 8.97. The first kappa shape index (κ1) is 13.2. The van der Waals surface area contributed by atoms with Crippen LogP contribution in [0.15, 0.2) is 16.5 Å². The summed E-state index contributed by atoms with van der Waals surface area (Å²) in [5, 5.41) is 11.1. The molecule has 0 aliphatic rings. The van der Waals surface area contributed by atoms with E-state index in [1.165, 1.54) is 30.4 Å². The van der Waals surface area contributed by atoms with Gasteiger partial charge in [-0.15, -0.1) is 11.3 Å². The molecule has 0 aromatic carbocycles. The van der Waals surface area contributed by atoms with Gasteiger partial charge >= 0.3 is 5.88 Å². The van der Waals surface area contributed by atoms with Gasteiger partial charge in [-0.05, 0) is 25.1 Å². The number of furan rings is 1. The van der Waals surface area contributed by atoms with Gasteiger partial charge in [0.25, 0.3) is 0 Å². The Morgan fingerprint density at radius 2 is 2.21 bits per heavy atom. The van der Waals surface area contributed by atoms with Crippen LogP contribution in [-0.2, 0) is 0 Å². The van der Waals surface area contributed by atoms with Gasteiger partial charge in [0.2, 0.25) is 0 Å². The zero-order chi connectivity index (χ0) is 14.0. The van der Waals surface area contributed by atoms with Crippen LogP contribution in [0.25, 0.3) is 12.2 Å². The number of carbonyl (C=O) groups excluding carboxylic acids is 1. The molecule has 2 aromatic rings. The molecule has 6 nitrogen and oxygen atoms in total. The number of aryl methyl sites for hydroxylation is 1. The van der Waals surface area contributed by atoms with Crippen LogP contribution in [0.4, 0.5) is 5.88 Å². The lowest BCUT2D eigenvalue weighted by atomic mass is 10.3. The van der Waals surface area contributed by atoms with Gasteiger partial charge < -0.3 is 4.42 Å². The molecule has 7 heteroatoms. The van der Waals surface area contributed by atoms with E-state index in [0.717, 1.165) is 0 Å². The largest absolute Gasteiger partial charge is 0.433 e. The van der Waals surface area contributed by atoms with Gasteiger partial charge in [-0.2, -0.15) is 0 Å². The minimum absolute atomic E-state index is 0.0247. The second kappa shape index (κ2) is 5.15. The maximum absolute atomic E-state index is 11.3. The molecule has 0 aliphatic heterocycles. The summed E-state index contributed by atoms with van der Waals surface area (Å²) < 4.78 is 4.98. The average Bonchev–Trinajstić information content (AvgIpc) is 2.92. The fourth-order valence-electron chi connectivity index (χ4n) is 1.50. The van der Waals surface area contributed by atoms with Crippen molar-refractivity contribution < 1.29 is 14.1 Å². The molecule has 0 fully saturated rings. The standard InChI is InChI=1S/C12H10N2O4S/c1-7-12(8(2)15)19-10(13-7)5-3-9-4-6-11(18-9)14(16)17/h3-6H,1-2H3/b5-3+. The quantitative estimate of drug-likeness (QED) is 0.486. The van der Waals surface area contributed by atoms with Crippen LogP contribution in [0.1, 0.15) is 33.1 Å². The molecule has 2 aromatic heterocycles. The third-order valence-corrected chi connectivity index (χ3v) is 3.54. The molecule has 2 rings (SSSR count). The lowest BCUT2D eigenvalue weighted by molar-refractivity contribution is -0.402. The number of nitro groups is 1. The zero-order valence-electron chi connectivity index (χ0n) is 10.2. The van der Waals surface area contributed by atoms with Crippen molar-refractivity contribution in [2.75, 3.05) is 0 Å². The van der Waals surface area contributed by atoms with E-state index < -0.39 is 4.92 Å². The van der Waals surface area contributed by atoms with Crippen LogP contribution < -0.4 is 0 Å². The van der Waals surface area contributed by atoms with Gasteiger partial charge in [0, 0.05) is 6.92 Å².